The minimum atomic E-state index is -0.214. The van der Waals surface area contributed by atoms with Crippen molar-refractivity contribution in [1.82, 2.24) is 0 Å². The van der Waals surface area contributed by atoms with Crippen molar-refractivity contribution in [1.29, 1.82) is 0 Å². The summed E-state index contributed by atoms with van der Waals surface area (Å²) in [4.78, 5) is 13.2. The molecule has 31 heavy (non-hydrogen) atoms. The van der Waals surface area contributed by atoms with Gasteiger partial charge >= 0.3 is 5.88 Å². The Balaban J connectivity index is 1.99. The van der Waals surface area contributed by atoms with Crippen molar-refractivity contribution in [2.75, 3.05) is 6.61 Å². The zero-order valence-corrected chi connectivity index (χ0v) is 17.9. The van der Waals surface area contributed by atoms with E-state index >= 15 is 0 Å². The fraction of sp³-hybridized carbons (Fsp3) is 0.0769. The Kier molecular flexibility index (Phi) is 6.24. The molecule has 0 aliphatic heterocycles. The average molecular weight is 429 g/mol. The van der Waals surface area contributed by atoms with E-state index in [1.54, 1.807) is 4.57 Å². The molecule has 0 saturated carbocycles. The quantitative estimate of drug-likeness (QED) is 0.331. The highest BCUT2D eigenvalue weighted by molar-refractivity contribution is 7.12. The summed E-state index contributed by atoms with van der Waals surface area (Å²) in [5.74, 6) is 0.548. The second-order valence-corrected chi connectivity index (χ2v) is 7.77. The molecular weight excluding hydrogens is 406 g/mol. The third-order valence-corrected chi connectivity index (χ3v) is 5.78. The highest BCUT2D eigenvalue weighted by Gasteiger charge is 2.30. The van der Waals surface area contributed by atoms with E-state index in [0.717, 1.165) is 22.6 Å². The lowest BCUT2D eigenvalue weighted by molar-refractivity contribution is -0.589. The maximum absolute atomic E-state index is 13.2. The van der Waals surface area contributed by atoms with E-state index in [2.05, 4.69) is 0 Å². The van der Waals surface area contributed by atoms with Gasteiger partial charge in [0.15, 0.2) is 5.56 Å². The molecule has 0 aliphatic carbocycles. The van der Waals surface area contributed by atoms with Gasteiger partial charge in [0.2, 0.25) is 5.69 Å². The van der Waals surface area contributed by atoms with Crippen LogP contribution in [0.2, 0.25) is 0 Å². The van der Waals surface area contributed by atoms with E-state index in [1.807, 2.05) is 104 Å². The number of ether oxygens (including phenoxy) is 1. The minimum Gasteiger partial charge on any atom is -0.489 e. The summed E-state index contributed by atoms with van der Waals surface area (Å²) in [6.07, 6.45) is 3.84. The van der Waals surface area contributed by atoms with Gasteiger partial charge in [-0.1, -0.05) is 72.8 Å². The van der Waals surface area contributed by atoms with E-state index in [0.29, 0.717) is 22.9 Å². The van der Waals surface area contributed by atoms with Crippen molar-refractivity contribution in [2.45, 2.75) is 6.92 Å². The summed E-state index contributed by atoms with van der Waals surface area (Å²) in [5, 5.41) is 11.9. The molecule has 4 aromatic rings. The van der Waals surface area contributed by atoms with Crippen LogP contribution in [0.3, 0.4) is 0 Å². The topological polar surface area (TPSA) is 50.4 Å². The predicted molar refractivity (Wildman–Crippen MR) is 125 cm³/mol. The largest absolute Gasteiger partial charge is 0.489 e. The Morgan fingerprint density at radius 1 is 0.935 bits per heavy atom. The summed E-state index contributed by atoms with van der Waals surface area (Å²) in [6.45, 7) is 2.35. The fourth-order valence-corrected chi connectivity index (χ4v) is 4.38. The van der Waals surface area contributed by atoms with Crippen LogP contribution in [-0.2, 0) is 0 Å². The average Bonchev–Trinajstić information content (AvgIpc) is 2.80. The first-order chi connectivity index (χ1) is 15.2. The van der Waals surface area contributed by atoms with Crippen LogP contribution < -0.4 is 14.0 Å². The summed E-state index contributed by atoms with van der Waals surface area (Å²) in [5.41, 5.74) is 2.46. The molecule has 0 aliphatic rings. The maximum atomic E-state index is 13.2. The maximum Gasteiger partial charge on any atom is 0.385 e. The van der Waals surface area contributed by atoms with Crippen LogP contribution in [0.5, 0.6) is 11.6 Å². The highest BCUT2D eigenvalue weighted by Crippen LogP contribution is 2.34. The minimum absolute atomic E-state index is 0.0978. The van der Waals surface area contributed by atoms with Crippen LogP contribution in [0.4, 0.5) is 0 Å². The zero-order chi connectivity index (χ0) is 21.6. The molecule has 3 aromatic carbocycles. The third-order valence-electron chi connectivity index (χ3n) is 4.80. The molecule has 0 bridgehead atoms. The van der Waals surface area contributed by atoms with Gasteiger partial charge in [0, 0.05) is 12.1 Å². The number of hydrogen-bond donors (Lipinski definition) is 1. The number of allylic oxidation sites excluding steroid dienone is 1. The summed E-state index contributed by atoms with van der Waals surface area (Å²) >= 11 is 1.09. The van der Waals surface area contributed by atoms with Gasteiger partial charge in [0.25, 0.3) is 9.75 Å². The van der Waals surface area contributed by atoms with Crippen LogP contribution in [0.1, 0.15) is 6.92 Å². The van der Waals surface area contributed by atoms with Crippen molar-refractivity contribution < 1.29 is 14.4 Å². The van der Waals surface area contributed by atoms with Gasteiger partial charge in [-0.05, 0) is 36.0 Å². The number of rotatable bonds is 6. The number of para-hydroxylation sites is 2. The van der Waals surface area contributed by atoms with Crippen molar-refractivity contribution in [3.63, 3.8) is 0 Å². The Hall–Kier alpha value is -3.70. The summed E-state index contributed by atoms with van der Waals surface area (Å²) < 4.78 is 7.44. The van der Waals surface area contributed by atoms with Crippen LogP contribution >= 0.6 is 11.3 Å². The van der Waals surface area contributed by atoms with Crippen LogP contribution in [0.25, 0.3) is 27.4 Å². The number of aromatic nitrogens is 1. The van der Waals surface area contributed by atoms with Gasteiger partial charge in [-0.25, -0.2) is 0 Å². The highest BCUT2D eigenvalue weighted by atomic mass is 32.1. The number of nitrogens with zero attached hydrogens (tertiary/aromatic N) is 1. The summed E-state index contributed by atoms with van der Waals surface area (Å²) in [6, 6.07) is 26.3. The second-order valence-electron chi connectivity index (χ2n) is 6.81. The van der Waals surface area contributed by atoms with Crippen molar-refractivity contribution in [3.8, 4) is 39.0 Å². The molecular formula is C26H22NO3S+. The van der Waals surface area contributed by atoms with E-state index in [9.17, 15) is 9.90 Å². The molecule has 0 amide bonds. The Morgan fingerprint density at radius 3 is 2.29 bits per heavy atom. The number of hydrogen-bond acceptors (Lipinski definition) is 4. The Bertz CT molecular complexity index is 1270. The van der Waals surface area contributed by atoms with E-state index in [-0.39, 0.29) is 16.2 Å². The first-order valence-electron chi connectivity index (χ1n) is 9.97. The molecule has 0 atom stereocenters. The zero-order valence-electron chi connectivity index (χ0n) is 17.1. The lowest BCUT2D eigenvalue weighted by Gasteiger charge is -2.11. The molecule has 0 unspecified atom stereocenters. The molecule has 0 saturated heterocycles. The van der Waals surface area contributed by atoms with Gasteiger partial charge in [-0.3, -0.25) is 4.79 Å². The van der Waals surface area contributed by atoms with Gasteiger partial charge in [-0.2, -0.15) is 0 Å². The molecule has 1 aromatic heterocycles. The Morgan fingerprint density at radius 2 is 1.58 bits per heavy atom. The molecule has 1 heterocycles. The number of benzene rings is 3. The van der Waals surface area contributed by atoms with E-state index in [4.69, 9.17) is 4.74 Å². The molecule has 4 rings (SSSR count). The molecule has 1 N–H and O–H groups in total. The normalized spacial score (nSPS) is 11.0. The smallest absolute Gasteiger partial charge is 0.385 e. The van der Waals surface area contributed by atoms with Crippen molar-refractivity contribution >= 4 is 11.3 Å². The lowest BCUT2D eigenvalue weighted by atomic mass is 10.1. The second kappa shape index (κ2) is 9.41. The van der Waals surface area contributed by atoms with Gasteiger partial charge in [0.1, 0.15) is 17.9 Å². The van der Waals surface area contributed by atoms with Gasteiger partial charge < -0.3 is 9.84 Å². The lowest BCUT2D eigenvalue weighted by Crippen LogP contribution is -2.35. The molecule has 5 heteroatoms. The third kappa shape index (κ3) is 4.27. The number of aromatic hydroxyl groups is 1. The van der Waals surface area contributed by atoms with E-state index < -0.39 is 0 Å². The SMILES string of the molecule is C/C=C/COc1ccccc1-c1sc(=O)c(-c2ccccc2)c(O)[n+]1-c1ccccc1. The fourth-order valence-electron chi connectivity index (χ4n) is 3.33. The molecule has 4 nitrogen and oxygen atoms in total. The van der Waals surface area contributed by atoms with Crippen LogP contribution in [-0.4, -0.2) is 11.7 Å². The Labute approximate surface area is 185 Å². The molecule has 0 fully saturated rings. The predicted octanol–water partition coefficient (Wildman–Crippen LogP) is 5.38. The molecule has 0 spiro atoms. The molecule has 0 radical (unpaired) electrons. The monoisotopic (exact) mass is 428 g/mol. The van der Waals surface area contributed by atoms with Gasteiger partial charge in [0.05, 0.1) is 0 Å². The van der Waals surface area contributed by atoms with Gasteiger partial charge in [-0.15, -0.1) is 4.57 Å². The van der Waals surface area contributed by atoms with Crippen LogP contribution in [0, 0.1) is 0 Å². The van der Waals surface area contributed by atoms with Crippen molar-refractivity contribution in [2.24, 2.45) is 0 Å². The van der Waals surface area contributed by atoms with Crippen molar-refractivity contribution in [3.05, 3.63) is 107 Å². The standard InChI is InChI=1S/C26H21NO3S/c1-2-3-18-30-22-17-11-10-16-21(22)25-27(20-14-8-5-9-15-20)24(28)23(26(29)31-25)19-12-6-4-7-13-19/h2-17H,18H2,1H3/p+1/b3-2+. The summed E-state index contributed by atoms with van der Waals surface area (Å²) in [7, 11) is 0. The molecule has 154 valence electrons. The first kappa shape index (κ1) is 20.6. The first-order valence-corrected chi connectivity index (χ1v) is 10.8. The van der Waals surface area contributed by atoms with Crippen LogP contribution in [0.15, 0.2) is 102 Å². The van der Waals surface area contributed by atoms with E-state index in [1.165, 1.54) is 0 Å².